The Balaban J connectivity index is 0.00000156. The zero-order valence-corrected chi connectivity index (χ0v) is 21.3. The summed E-state index contributed by atoms with van der Waals surface area (Å²) in [4.78, 5) is 18.6. The third kappa shape index (κ3) is 5.87. The van der Waals surface area contributed by atoms with Gasteiger partial charge in [0.2, 0.25) is 17.7 Å². The van der Waals surface area contributed by atoms with E-state index in [-0.39, 0.29) is 5.56 Å². The van der Waals surface area contributed by atoms with Crippen molar-refractivity contribution in [3.63, 3.8) is 0 Å². The van der Waals surface area contributed by atoms with Crippen LogP contribution >= 0.6 is 11.6 Å². The van der Waals surface area contributed by atoms with Crippen LogP contribution in [0.2, 0.25) is 5.02 Å². The molecule has 0 aliphatic carbocycles. The zero-order valence-electron chi connectivity index (χ0n) is 20.6. The Morgan fingerprint density at radius 3 is 2.70 bits per heavy atom. The topological polar surface area (TPSA) is 119 Å². The number of rotatable bonds is 7. The minimum atomic E-state index is -0.568. The van der Waals surface area contributed by atoms with Gasteiger partial charge in [0.1, 0.15) is 11.4 Å². The molecule has 0 fully saturated rings. The SMILES string of the molecule is CC.CCOc1ccc(-c2nnc(/C=C/C3=NNC(c4cc[nH]c(=O)c4)O3)n2-c2ccccc2Cl)nc1. The molecule has 1 aromatic carbocycles. The molecule has 0 bridgehead atoms. The van der Waals surface area contributed by atoms with Crippen LogP contribution in [-0.4, -0.2) is 37.2 Å². The standard InChI is InChI=1S/C24H20ClN7O3.C2H6/c1-2-34-16-7-8-18(27-14-16)23-30-28-20(32(23)19-6-4-3-5-17(19)25)9-10-22-29-31-24(35-22)15-11-12-26-21(33)13-15;1-2/h3-14,24,31H,2H2,1H3,(H,26,33);1-2H3/b10-9+;. The second-order valence-corrected chi connectivity index (χ2v) is 7.78. The number of nitrogens with zero attached hydrogens (tertiary/aromatic N) is 5. The van der Waals surface area contributed by atoms with Crippen molar-refractivity contribution >= 4 is 23.6 Å². The number of nitrogens with one attached hydrogen (secondary N) is 2. The predicted octanol–water partition coefficient (Wildman–Crippen LogP) is 4.74. The highest BCUT2D eigenvalue weighted by Gasteiger charge is 2.21. The van der Waals surface area contributed by atoms with Crippen molar-refractivity contribution in [2.75, 3.05) is 6.61 Å². The van der Waals surface area contributed by atoms with Gasteiger partial charge in [-0.3, -0.25) is 14.8 Å². The summed E-state index contributed by atoms with van der Waals surface area (Å²) in [6.07, 6.45) is 6.00. The van der Waals surface area contributed by atoms with Gasteiger partial charge < -0.3 is 14.5 Å². The maximum atomic E-state index is 11.6. The van der Waals surface area contributed by atoms with Gasteiger partial charge in [0, 0.05) is 23.9 Å². The summed E-state index contributed by atoms with van der Waals surface area (Å²) in [6, 6.07) is 14.2. The van der Waals surface area contributed by atoms with Crippen molar-refractivity contribution in [3.8, 4) is 23.0 Å². The van der Waals surface area contributed by atoms with E-state index in [2.05, 4.69) is 30.7 Å². The molecule has 190 valence electrons. The normalized spacial score (nSPS) is 14.4. The first-order chi connectivity index (χ1) is 18.1. The van der Waals surface area contributed by atoms with Crippen molar-refractivity contribution < 1.29 is 9.47 Å². The predicted molar refractivity (Wildman–Crippen MR) is 143 cm³/mol. The van der Waals surface area contributed by atoms with Gasteiger partial charge in [0.15, 0.2) is 11.6 Å². The fraction of sp³-hybridized carbons (Fsp3) is 0.192. The molecule has 2 N–H and O–H groups in total. The Morgan fingerprint density at radius 1 is 1.14 bits per heavy atom. The Morgan fingerprint density at radius 2 is 1.97 bits per heavy atom. The molecule has 0 saturated carbocycles. The molecule has 1 atom stereocenters. The van der Waals surface area contributed by atoms with Crippen molar-refractivity contribution in [3.05, 3.63) is 93.8 Å². The van der Waals surface area contributed by atoms with Gasteiger partial charge >= 0.3 is 0 Å². The minimum absolute atomic E-state index is 0.222. The second kappa shape index (κ2) is 12.0. The van der Waals surface area contributed by atoms with Gasteiger partial charge in [-0.25, -0.2) is 4.98 Å². The number of pyridine rings is 2. The summed E-state index contributed by atoms with van der Waals surface area (Å²) in [5.74, 6) is 1.99. The van der Waals surface area contributed by atoms with Gasteiger partial charge in [-0.2, -0.15) is 0 Å². The number of hydrazone groups is 1. The summed E-state index contributed by atoms with van der Waals surface area (Å²) < 4.78 is 13.1. The smallest absolute Gasteiger partial charge is 0.248 e. The van der Waals surface area contributed by atoms with Crippen LogP contribution in [0.4, 0.5) is 0 Å². The van der Waals surface area contributed by atoms with E-state index in [9.17, 15) is 4.79 Å². The molecule has 3 aromatic heterocycles. The first-order valence-corrected chi connectivity index (χ1v) is 12.2. The van der Waals surface area contributed by atoms with Crippen LogP contribution in [-0.2, 0) is 4.74 Å². The van der Waals surface area contributed by atoms with Crippen LogP contribution in [0.5, 0.6) is 5.75 Å². The number of hydrogen-bond acceptors (Lipinski definition) is 8. The van der Waals surface area contributed by atoms with Gasteiger partial charge in [-0.1, -0.05) is 37.6 Å². The summed E-state index contributed by atoms with van der Waals surface area (Å²) in [6.45, 7) is 6.46. The summed E-state index contributed by atoms with van der Waals surface area (Å²) in [7, 11) is 0. The lowest BCUT2D eigenvalue weighted by molar-refractivity contribution is 0.192. The monoisotopic (exact) mass is 519 g/mol. The summed E-state index contributed by atoms with van der Waals surface area (Å²) in [5.41, 5.74) is 4.59. The molecule has 0 spiro atoms. The summed E-state index contributed by atoms with van der Waals surface area (Å²) in [5, 5.41) is 13.4. The Bertz CT molecular complexity index is 1460. The van der Waals surface area contributed by atoms with Gasteiger partial charge in [-0.05, 0) is 43.3 Å². The minimum Gasteiger partial charge on any atom is -0.492 e. The Kier molecular flexibility index (Phi) is 8.32. The molecule has 4 aromatic rings. The van der Waals surface area contributed by atoms with E-state index in [1.807, 2.05) is 51.1 Å². The van der Waals surface area contributed by atoms with E-state index >= 15 is 0 Å². The average Bonchev–Trinajstić information content (AvgIpc) is 3.57. The van der Waals surface area contributed by atoms with E-state index in [0.717, 1.165) is 0 Å². The van der Waals surface area contributed by atoms with E-state index in [4.69, 9.17) is 21.1 Å². The lowest BCUT2D eigenvalue weighted by atomic mass is 10.2. The van der Waals surface area contributed by atoms with Crippen molar-refractivity contribution in [1.82, 2.24) is 30.2 Å². The molecule has 0 radical (unpaired) electrons. The molecule has 5 rings (SSSR count). The molecule has 37 heavy (non-hydrogen) atoms. The third-order valence-electron chi connectivity index (χ3n) is 5.07. The maximum absolute atomic E-state index is 11.6. The Hall–Kier alpha value is -4.44. The molecule has 10 nitrogen and oxygen atoms in total. The number of hydrogen-bond donors (Lipinski definition) is 2. The quantitative estimate of drug-likeness (QED) is 0.362. The van der Waals surface area contributed by atoms with E-state index in [0.29, 0.717) is 51.9 Å². The lowest BCUT2D eigenvalue weighted by Gasteiger charge is -2.11. The highest BCUT2D eigenvalue weighted by molar-refractivity contribution is 6.32. The number of aromatic amines is 1. The van der Waals surface area contributed by atoms with Crippen LogP contribution in [0.1, 0.15) is 38.4 Å². The van der Waals surface area contributed by atoms with Crippen LogP contribution in [0.3, 0.4) is 0 Å². The highest BCUT2D eigenvalue weighted by Crippen LogP contribution is 2.28. The Labute approximate surface area is 218 Å². The fourth-order valence-corrected chi connectivity index (χ4v) is 3.71. The molecule has 11 heteroatoms. The molecule has 1 aliphatic heterocycles. The molecule has 4 heterocycles. The maximum Gasteiger partial charge on any atom is 0.248 e. The number of aromatic nitrogens is 5. The van der Waals surface area contributed by atoms with E-state index in [1.165, 1.54) is 6.07 Å². The van der Waals surface area contributed by atoms with Gasteiger partial charge in [-0.15, -0.1) is 15.3 Å². The molecule has 0 amide bonds. The number of ether oxygens (including phenoxy) is 2. The van der Waals surface area contributed by atoms with E-state index in [1.54, 1.807) is 41.2 Å². The van der Waals surface area contributed by atoms with Crippen molar-refractivity contribution in [2.24, 2.45) is 5.10 Å². The van der Waals surface area contributed by atoms with Crippen molar-refractivity contribution in [1.29, 1.82) is 0 Å². The van der Waals surface area contributed by atoms with Gasteiger partial charge in [0.05, 0.1) is 23.5 Å². The summed E-state index contributed by atoms with van der Waals surface area (Å²) >= 11 is 6.51. The van der Waals surface area contributed by atoms with Crippen LogP contribution in [0.25, 0.3) is 23.3 Å². The molecule has 1 aliphatic rings. The third-order valence-corrected chi connectivity index (χ3v) is 5.38. The zero-order chi connectivity index (χ0) is 26.2. The van der Waals surface area contributed by atoms with Gasteiger partial charge in [0.25, 0.3) is 0 Å². The first kappa shape index (κ1) is 25.6. The number of benzene rings is 1. The van der Waals surface area contributed by atoms with Crippen LogP contribution < -0.4 is 15.7 Å². The fourth-order valence-electron chi connectivity index (χ4n) is 3.49. The molecule has 0 saturated heterocycles. The van der Waals surface area contributed by atoms with Crippen LogP contribution in [0, 0.1) is 0 Å². The molecular weight excluding hydrogens is 494 g/mol. The van der Waals surface area contributed by atoms with Crippen LogP contribution in [0.15, 0.2) is 76.9 Å². The molecule has 1 unspecified atom stereocenters. The average molecular weight is 520 g/mol. The second-order valence-electron chi connectivity index (χ2n) is 7.38. The first-order valence-electron chi connectivity index (χ1n) is 11.8. The number of H-pyrrole nitrogens is 1. The highest BCUT2D eigenvalue weighted by atomic mass is 35.5. The van der Waals surface area contributed by atoms with Crippen molar-refractivity contribution in [2.45, 2.75) is 27.0 Å². The largest absolute Gasteiger partial charge is 0.492 e. The number of halogens is 1. The molecular formula is C26H26ClN7O3. The van der Waals surface area contributed by atoms with E-state index < -0.39 is 6.23 Å². The number of para-hydroxylation sites is 1. The lowest BCUT2D eigenvalue weighted by Crippen LogP contribution is -2.15.